The van der Waals surface area contributed by atoms with Gasteiger partial charge in [0, 0.05) is 6.54 Å². The van der Waals surface area contributed by atoms with Crippen LogP contribution in [0.15, 0.2) is 32.2 Å². The molecule has 0 atom stereocenters. The fraction of sp³-hybridized carbons (Fsp3) is 0.200. The van der Waals surface area contributed by atoms with Gasteiger partial charge >= 0.3 is 11.4 Å². The van der Waals surface area contributed by atoms with Crippen LogP contribution in [0.25, 0.3) is 10.9 Å². The minimum Gasteiger partial charge on any atom is -0.372 e. The minimum absolute atomic E-state index is 0.182. The van der Waals surface area contributed by atoms with E-state index in [0.717, 1.165) is 6.07 Å². The van der Waals surface area contributed by atoms with Gasteiger partial charge in [0.1, 0.15) is 11.2 Å². The maximum absolute atomic E-state index is 13.3. The van der Waals surface area contributed by atoms with E-state index in [-0.39, 0.29) is 10.9 Å². The lowest BCUT2D eigenvalue weighted by Gasteiger charge is -2.04. The first-order valence-electron chi connectivity index (χ1n) is 4.47. The second-order valence-electron chi connectivity index (χ2n) is 3.03. The summed E-state index contributed by atoms with van der Waals surface area (Å²) in [5, 5.41) is -0.182. The summed E-state index contributed by atoms with van der Waals surface area (Å²) in [4.78, 5) is 22.5. The topological polar surface area (TPSA) is 52.2 Å². The lowest BCUT2D eigenvalue weighted by atomic mass is 10.2. The molecule has 0 fully saturated rings. The molecule has 15 heavy (non-hydrogen) atoms. The summed E-state index contributed by atoms with van der Waals surface area (Å²) in [6.07, 6.45) is 0. The quantitative estimate of drug-likeness (QED) is 0.707. The highest BCUT2D eigenvalue weighted by molar-refractivity contribution is 5.77. The summed E-state index contributed by atoms with van der Waals surface area (Å²) in [6, 6.07) is 4.12. The van der Waals surface area contributed by atoms with Gasteiger partial charge in [0.2, 0.25) is 0 Å². The van der Waals surface area contributed by atoms with Gasteiger partial charge < -0.3 is 4.42 Å². The Bertz CT molecular complexity index is 627. The summed E-state index contributed by atoms with van der Waals surface area (Å²) >= 11 is 0. The normalized spacial score (nSPS) is 10.8. The first kappa shape index (κ1) is 9.64. The van der Waals surface area contributed by atoms with Gasteiger partial charge in [-0.05, 0) is 19.1 Å². The van der Waals surface area contributed by atoms with Crippen LogP contribution in [0.4, 0.5) is 4.39 Å². The SMILES string of the molecule is CCn1c(=O)oc(=O)c2c(F)cccc21. The van der Waals surface area contributed by atoms with Crippen LogP contribution in [0.3, 0.4) is 0 Å². The molecule has 5 heteroatoms. The Morgan fingerprint density at radius 3 is 2.80 bits per heavy atom. The van der Waals surface area contributed by atoms with Crippen molar-refractivity contribution in [1.29, 1.82) is 0 Å². The van der Waals surface area contributed by atoms with E-state index in [1.807, 2.05) is 0 Å². The third-order valence-corrected chi connectivity index (χ3v) is 2.20. The molecule has 1 aromatic carbocycles. The van der Waals surface area contributed by atoms with Crippen molar-refractivity contribution >= 4 is 10.9 Å². The highest BCUT2D eigenvalue weighted by atomic mass is 19.1. The van der Waals surface area contributed by atoms with Gasteiger partial charge in [-0.1, -0.05) is 6.07 Å². The van der Waals surface area contributed by atoms with Crippen molar-refractivity contribution in [2.24, 2.45) is 0 Å². The van der Waals surface area contributed by atoms with E-state index in [4.69, 9.17) is 0 Å². The smallest absolute Gasteiger partial charge is 0.372 e. The predicted molar refractivity (Wildman–Crippen MR) is 52.4 cm³/mol. The molecular formula is C10H8FNO3. The Kier molecular flexibility index (Phi) is 2.15. The van der Waals surface area contributed by atoms with E-state index in [9.17, 15) is 14.0 Å². The summed E-state index contributed by atoms with van der Waals surface area (Å²) in [6.45, 7) is 2.04. The number of fused-ring (bicyclic) bond motifs is 1. The van der Waals surface area contributed by atoms with Crippen molar-refractivity contribution < 1.29 is 8.81 Å². The van der Waals surface area contributed by atoms with Crippen LogP contribution >= 0.6 is 0 Å². The highest BCUT2D eigenvalue weighted by Gasteiger charge is 2.11. The zero-order valence-corrected chi connectivity index (χ0v) is 7.99. The molecule has 0 N–H and O–H groups in total. The van der Waals surface area contributed by atoms with Crippen LogP contribution in [0.2, 0.25) is 0 Å². The molecule has 0 saturated carbocycles. The molecule has 0 bridgehead atoms. The van der Waals surface area contributed by atoms with Gasteiger partial charge in [0.05, 0.1) is 5.52 Å². The largest absolute Gasteiger partial charge is 0.422 e. The second-order valence-corrected chi connectivity index (χ2v) is 3.03. The maximum atomic E-state index is 13.3. The van der Waals surface area contributed by atoms with Crippen LogP contribution in [-0.4, -0.2) is 4.57 Å². The lowest BCUT2D eigenvalue weighted by molar-refractivity contribution is 0.419. The monoisotopic (exact) mass is 209 g/mol. The number of benzene rings is 1. The van der Waals surface area contributed by atoms with Crippen LogP contribution in [0.5, 0.6) is 0 Å². The Hall–Kier alpha value is -1.91. The van der Waals surface area contributed by atoms with Crippen LogP contribution in [0, 0.1) is 5.82 Å². The number of hydrogen-bond acceptors (Lipinski definition) is 3. The fourth-order valence-electron chi connectivity index (χ4n) is 1.52. The summed E-state index contributed by atoms with van der Waals surface area (Å²) in [5.41, 5.74) is -0.670. The number of aryl methyl sites for hydroxylation is 1. The van der Waals surface area contributed by atoms with E-state index in [0.29, 0.717) is 6.54 Å². The molecule has 0 amide bonds. The van der Waals surface area contributed by atoms with Crippen molar-refractivity contribution in [3.63, 3.8) is 0 Å². The van der Waals surface area contributed by atoms with E-state index >= 15 is 0 Å². The third-order valence-electron chi connectivity index (χ3n) is 2.20. The van der Waals surface area contributed by atoms with Gasteiger partial charge in [-0.3, -0.25) is 4.57 Å². The molecule has 1 aromatic heterocycles. The maximum Gasteiger partial charge on any atom is 0.422 e. The Morgan fingerprint density at radius 2 is 2.13 bits per heavy atom. The first-order valence-corrected chi connectivity index (χ1v) is 4.47. The number of nitrogens with zero attached hydrogens (tertiary/aromatic N) is 1. The molecule has 0 aliphatic heterocycles. The molecular weight excluding hydrogens is 201 g/mol. The summed E-state index contributed by atoms with van der Waals surface area (Å²) < 4.78 is 18.9. The predicted octanol–water partition coefficient (Wildman–Crippen LogP) is 1.11. The summed E-state index contributed by atoms with van der Waals surface area (Å²) in [5.74, 6) is -1.44. The molecule has 0 spiro atoms. The zero-order valence-electron chi connectivity index (χ0n) is 7.99. The number of halogens is 1. The van der Waals surface area contributed by atoms with Gasteiger partial charge in [-0.15, -0.1) is 0 Å². The molecule has 0 aliphatic carbocycles. The van der Waals surface area contributed by atoms with Crippen LogP contribution in [-0.2, 0) is 6.54 Å². The molecule has 0 saturated heterocycles. The van der Waals surface area contributed by atoms with E-state index in [1.54, 1.807) is 6.92 Å². The molecule has 0 aliphatic rings. The van der Waals surface area contributed by atoms with Crippen molar-refractivity contribution in [2.75, 3.05) is 0 Å². The molecule has 2 rings (SSSR count). The molecule has 78 valence electrons. The van der Waals surface area contributed by atoms with Crippen molar-refractivity contribution in [1.82, 2.24) is 4.57 Å². The van der Waals surface area contributed by atoms with Gasteiger partial charge in [0.25, 0.3) is 0 Å². The molecule has 1 heterocycles. The van der Waals surface area contributed by atoms with Crippen molar-refractivity contribution in [2.45, 2.75) is 13.5 Å². The molecule has 0 radical (unpaired) electrons. The van der Waals surface area contributed by atoms with Crippen LogP contribution < -0.4 is 11.4 Å². The van der Waals surface area contributed by atoms with E-state index < -0.39 is 17.2 Å². The van der Waals surface area contributed by atoms with Gasteiger partial charge in [-0.25, -0.2) is 14.0 Å². The minimum atomic E-state index is -0.933. The molecule has 2 aromatic rings. The number of hydrogen-bond donors (Lipinski definition) is 0. The zero-order chi connectivity index (χ0) is 11.0. The van der Waals surface area contributed by atoms with Crippen LogP contribution in [0.1, 0.15) is 6.92 Å². The number of rotatable bonds is 1. The van der Waals surface area contributed by atoms with Crippen molar-refractivity contribution in [3.8, 4) is 0 Å². The highest BCUT2D eigenvalue weighted by Crippen LogP contribution is 2.11. The number of aromatic nitrogens is 1. The molecule has 0 unspecified atom stereocenters. The average molecular weight is 209 g/mol. The second kappa shape index (κ2) is 3.34. The van der Waals surface area contributed by atoms with E-state index in [1.165, 1.54) is 16.7 Å². The fourth-order valence-corrected chi connectivity index (χ4v) is 1.52. The third kappa shape index (κ3) is 1.36. The van der Waals surface area contributed by atoms with E-state index in [2.05, 4.69) is 4.42 Å². The molecule has 4 nitrogen and oxygen atoms in total. The first-order chi connectivity index (χ1) is 7.15. The average Bonchev–Trinajstić information content (AvgIpc) is 2.17. The standard InChI is InChI=1S/C10H8FNO3/c1-2-12-7-5-3-4-6(11)8(7)9(13)15-10(12)14/h3-5H,2H2,1H3. The Balaban J connectivity index is 3.10. The summed E-state index contributed by atoms with van der Waals surface area (Å²) in [7, 11) is 0. The van der Waals surface area contributed by atoms with Gasteiger partial charge in [-0.2, -0.15) is 0 Å². The lowest BCUT2D eigenvalue weighted by Crippen LogP contribution is -2.24. The van der Waals surface area contributed by atoms with Crippen molar-refractivity contribution in [3.05, 3.63) is 45.0 Å². The van der Waals surface area contributed by atoms with Gasteiger partial charge in [0.15, 0.2) is 0 Å². The Morgan fingerprint density at radius 1 is 1.40 bits per heavy atom. The Labute approximate surface area is 83.6 Å².